The normalized spacial score (nSPS) is 16.2. The van der Waals surface area contributed by atoms with Gasteiger partial charge in [-0.3, -0.25) is 9.69 Å². The predicted octanol–water partition coefficient (Wildman–Crippen LogP) is 4.00. The van der Waals surface area contributed by atoms with Crippen molar-refractivity contribution in [2.24, 2.45) is 0 Å². The summed E-state index contributed by atoms with van der Waals surface area (Å²) in [6.07, 6.45) is 3.92. The fourth-order valence-electron chi connectivity index (χ4n) is 4.36. The van der Waals surface area contributed by atoms with Crippen LogP contribution >= 0.6 is 0 Å². The lowest BCUT2D eigenvalue weighted by Gasteiger charge is -2.26. The Morgan fingerprint density at radius 3 is 2.64 bits per heavy atom. The van der Waals surface area contributed by atoms with Gasteiger partial charge in [-0.2, -0.15) is 4.98 Å². The maximum Gasteiger partial charge on any atom is 0.251 e. The maximum atomic E-state index is 15.0. The number of aromatic nitrogens is 3. The quantitative estimate of drug-likeness (QED) is 0.411. The number of pyridine rings is 1. The molecule has 2 aliphatic rings. The summed E-state index contributed by atoms with van der Waals surface area (Å²) in [4.78, 5) is 19.1. The zero-order valence-corrected chi connectivity index (χ0v) is 19.8. The molecule has 0 spiro atoms. The van der Waals surface area contributed by atoms with Crippen LogP contribution in [-0.2, 0) is 11.3 Å². The lowest BCUT2D eigenvalue weighted by molar-refractivity contribution is 0.0337. The number of morpholine rings is 1. The number of halogens is 1. The van der Waals surface area contributed by atoms with Crippen molar-refractivity contribution in [1.82, 2.24) is 24.8 Å². The van der Waals surface area contributed by atoms with Gasteiger partial charge >= 0.3 is 0 Å². The third kappa shape index (κ3) is 4.93. The van der Waals surface area contributed by atoms with E-state index in [1.165, 1.54) is 0 Å². The molecule has 1 aliphatic carbocycles. The first kappa shape index (κ1) is 22.6. The summed E-state index contributed by atoms with van der Waals surface area (Å²) < 4.78 is 22.1. The molecule has 1 amide bonds. The van der Waals surface area contributed by atoms with Crippen LogP contribution in [0.1, 0.15) is 28.8 Å². The van der Waals surface area contributed by atoms with Crippen molar-refractivity contribution in [3.8, 4) is 11.1 Å². The van der Waals surface area contributed by atoms with Gasteiger partial charge in [-0.05, 0) is 60.9 Å². The summed E-state index contributed by atoms with van der Waals surface area (Å²) in [6.45, 7) is 3.56. The molecule has 6 rings (SSSR count). The van der Waals surface area contributed by atoms with Crippen LogP contribution in [-0.4, -0.2) is 57.8 Å². The van der Waals surface area contributed by atoms with E-state index in [1.807, 2.05) is 42.6 Å². The number of rotatable bonds is 7. The van der Waals surface area contributed by atoms with Crippen LogP contribution in [0.15, 0.2) is 60.8 Å². The number of fused-ring (bicyclic) bond motifs is 1. The third-order valence-corrected chi connectivity index (χ3v) is 6.54. The van der Waals surface area contributed by atoms with Crippen LogP contribution in [0, 0.1) is 5.82 Å². The molecule has 184 valence electrons. The van der Waals surface area contributed by atoms with E-state index >= 15 is 4.39 Å². The van der Waals surface area contributed by atoms with Crippen molar-refractivity contribution in [3.63, 3.8) is 0 Å². The van der Waals surface area contributed by atoms with Crippen molar-refractivity contribution in [2.75, 3.05) is 31.6 Å². The monoisotopic (exact) mass is 486 g/mol. The molecule has 2 aromatic carbocycles. The average Bonchev–Trinajstić information content (AvgIpc) is 3.61. The fourth-order valence-corrected chi connectivity index (χ4v) is 4.36. The van der Waals surface area contributed by atoms with Crippen LogP contribution in [0.3, 0.4) is 0 Å². The number of ether oxygens (including phenoxy) is 1. The van der Waals surface area contributed by atoms with Crippen molar-refractivity contribution in [1.29, 1.82) is 0 Å². The second-order valence-electron chi connectivity index (χ2n) is 9.27. The number of benzene rings is 2. The van der Waals surface area contributed by atoms with Gasteiger partial charge < -0.3 is 15.4 Å². The topological polar surface area (TPSA) is 83.8 Å². The van der Waals surface area contributed by atoms with Gasteiger partial charge in [0.2, 0.25) is 5.95 Å². The van der Waals surface area contributed by atoms with Gasteiger partial charge in [-0.25, -0.2) is 8.91 Å². The summed E-state index contributed by atoms with van der Waals surface area (Å²) in [5, 5.41) is 10.7. The highest BCUT2D eigenvalue weighted by molar-refractivity contribution is 5.95. The van der Waals surface area contributed by atoms with E-state index < -0.39 is 0 Å². The molecule has 3 heterocycles. The van der Waals surface area contributed by atoms with Crippen molar-refractivity contribution >= 4 is 23.2 Å². The number of anilines is 2. The average molecular weight is 487 g/mol. The zero-order chi connectivity index (χ0) is 24.5. The molecule has 8 nitrogen and oxygen atoms in total. The van der Waals surface area contributed by atoms with E-state index in [0.717, 1.165) is 42.7 Å². The molecular weight excluding hydrogens is 459 g/mol. The van der Waals surface area contributed by atoms with E-state index in [9.17, 15) is 4.79 Å². The third-order valence-electron chi connectivity index (χ3n) is 6.54. The number of nitrogens with zero attached hydrogens (tertiary/aromatic N) is 4. The predicted molar refractivity (Wildman–Crippen MR) is 135 cm³/mol. The first-order valence-electron chi connectivity index (χ1n) is 12.2. The smallest absolute Gasteiger partial charge is 0.251 e. The Balaban J connectivity index is 1.20. The number of carbonyl (C=O) groups excluding carboxylic acids is 1. The summed E-state index contributed by atoms with van der Waals surface area (Å²) in [5.74, 6) is 0.134. The Hall–Kier alpha value is -3.82. The van der Waals surface area contributed by atoms with Crippen LogP contribution in [0.4, 0.5) is 16.0 Å². The van der Waals surface area contributed by atoms with Crippen LogP contribution < -0.4 is 10.6 Å². The molecule has 0 unspecified atom stereocenters. The molecule has 0 atom stereocenters. The fraction of sp³-hybridized carbons (Fsp3) is 0.296. The van der Waals surface area contributed by atoms with Gasteiger partial charge in [-0.1, -0.05) is 12.1 Å². The molecule has 1 saturated carbocycles. The number of hydrogen-bond acceptors (Lipinski definition) is 6. The molecule has 9 heteroatoms. The highest BCUT2D eigenvalue weighted by atomic mass is 19.1. The van der Waals surface area contributed by atoms with Gasteiger partial charge in [-0.15, -0.1) is 5.10 Å². The standard InChI is InChI=1S/C27H27FN6O2/c28-24-16-19(3-4-20(24)17-33-12-14-36-15-13-33)23-2-1-11-34-25(23)31-27(32-34)30-22-7-5-18(6-8-22)26(35)29-21-9-10-21/h1-8,11,16,21H,9-10,12-15,17H2,(H,29,35)(H,30,32). The number of amides is 1. The van der Waals surface area contributed by atoms with E-state index in [1.54, 1.807) is 22.7 Å². The molecule has 2 fully saturated rings. The lowest BCUT2D eigenvalue weighted by Crippen LogP contribution is -2.35. The highest BCUT2D eigenvalue weighted by Gasteiger charge is 2.23. The number of nitrogens with one attached hydrogen (secondary N) is 2. The van der Waals surface area contributed by atoms with E-state index in [2.05, 4.69) is 25.6 Å². The summed E-state index contributed by atoms with van der Waals surface area (Å²) >= 11 is 0. The molecule has 4 aromatic rings. The largest absolute Gasteiger partial charge is 0.379 e. The number of hydrogen-bond donors (Lipinski definition) is 2. The van der Waals surface area contributed by atoms with Gasteiger partial charge in [0.15, 0.2) is 5.65 Å². The first-order valence-corrected chi connectivity index (χ1v) is 12.2. The summed E-state index contributed by atoms with van der Waals surface area (Å²) in [6, 6.07) is 16.7. The Morgan fingerprint density at radius 2 is 1.89 bits per heavy atom. The van der Waals surface area contributed by atoms with Crippen molar-refractivity contribution < 1.29 is 13.9 Å². The van der Waals surface area contributed by atoms with Gasteiger partial charge in [0.25, 0.3) is 5.91 Å². The van der Waals surface area contributed by atoms with Crippen LogP contribution in [0.5, 0.6) is 0 Å². The molecule has 0 bridgehead atoms. The highest BCUT2D eigenvalue weighted by Crippen LogP contribution is 2.27. The second-order valence-corrected chi connectivity index (χ2v) is 9.27. The Morgan fingerprint density at radius 1 is 1.08 bits per heavy atom. The minimum atomic E-state index is -0.232. The molecule has 2 aromatic heterocycles. The van der Waals surface area contributed by atoms with Gasteiger partial charge in [0.05, 0.1) is 13.2 Å². The van der Waals surface area contributed by atoms with Gasteiger partial charge in [0, 0.05) is 54.3 Å². The van der Waals surface area contributed by atoms with Gasteiger partial charge in [0.1, 0.15) is 5.82 Å². The SMILES string of the molecule is O=C(NC1CC1)c1ccc(Nc2nc3c(-c4ccc(CN5CCOCC5)c(F)c4)cccn3n2)cc1. The minimum absolute atomic E-state index is 0.0530. The van der Waals surface area contributed by atoms with E-state index in [-0.39, 0.29) is 11.7 Å². The molecule has 1 saturated heterocycles. The summed E-state index contributed by atoms with van der Waals surface area (Å²) in [7, 11) is 0. The van der Waals surface area contributed by atoms with Crippen LogP contribution in [0.25, 0.3) is 16.8 Å². The maximum absolute atomic E-state index is 15.0. The minimum Gasteiger partial charge on any atom is -0.379 e. The Kier molecular flexibility index (Phi) is 6.08. The molecule has 0 radical (unpaired) electrons. The Labute approximate surface area is 208 Å². The number of carbonyl (C=O) groups is 1. The first-order chi connectivity index (χ1) is 17.6. The zero-order valence-electron chi connectivity index (χ0n) is 19.8. The van der Waals surface area contributed by atoms with Crippen molar-refractivity contribution in [2.45, 2.75) is 25.4 Å². The van der Waals surface area contributed by atoms with E-state index in [4.69, 9.17) is 4.74 Å². The molecule has 2 N–H and O–H groups in total. The Bertz CT molecular complexity index is 1390. The van der Waals surface area contributed by atoms with E-state index in [0.29, 0.717) is 48.5 Å². The lowest BCUT2D eigenvalue weighted by atomic mass is 10.0. The summed E-state index contributed by atoms with van der Waals surface area (Å²) in [5.41, 5.74) is 4.23. The van der Waals surface area contributed by atoms with Crippen LogP contribution in [0.2, 0.25) is 0 Å². The second kappa shape index (κ2) is 9.67. The van der Waals surface area contributed by atoms with Crippen molar-refractivity contribution in [3.05, 3.63) is 77.7 Å². The molecule has 1 aliphatic heterocycles. The molecular formula is C27H27FN6O2. The molecule has 36 heavy (non-hydrogen) atoms.